The molecule has 0 aromatic carbocycles. The predicted molar refractivity (Wildman–Crippen MR) is 59.3 cm³/mol. The standard InChI is InChI=1S/C11H17N3O2/c1-11(2,3)16-10(15)9-4-5-14(13-9)8-6-12-7-8/h4-5,8,12H,6-7H2,1-3H3. The van der Waals surface area contributed by atoms with E-state index in [1.165, 1.54) is 0 Å². The van der Waals surface area contributed by atoms with Crippen molar-refractivity contribution < 1.29 is 9.53 Å². The van der Waals surface area contributed by atoms with Gasteiger partial charge in [-0.3, -0.25) is 4.68 Å². The molecule has 1 aliphatic heterocycles. The van der Waals surface area contributed by atoms with Crippen LogP contribution in [0, 0.1) is 0 Å². The molecule has 2 rings (SSSR count). The van der Waals surface area contributed by atoms with Crippen molar-refractivity contribution in [1.29, 1.82) is 0 Å². The highest BCUT2D eigenvalue weighted by atomic mass is 16.6. The van der Waals surface area contributed by atoms with Crippen molar-refractivity contribution in [3.8, 4) is 0 Å². The Hall–Kier alpha value is -1.36. The number of ether oxygens (including phenoxy) is 1. The maximum atomic E-state index is 11.7. The van der Waals surface area contributed by atoms with E-state index in [0.29, 0.717) is 11.7 Å². The summed E-state index contributed by atoms with van der Waals surface area (Å²) in [5.41, 5.74) is -0.0966. The molecule has 0 aliphatic carbocycles. The van der Waals surface area contributed by atoms with E-state index < -0.39 is 5.60 Å². The van der Waals surface area contributed by atoms with Gasteiger partial charge < -0.3 is 10.1 Å². The number of carbonyl (C=O) groups excluding carboxylic acids is 1. The van der Waals surface area contributed by atoms with Gasteiger partial charge in [-0.15, -0.1) is 0 Å². The molecule has 0 radical (unpaired) electrons. The van der Waals surface area contributed by atoms with Crippen LogP contribution in [0.2, 0.25) is 0 Å². The van der Waals surface area contributed by atoms with Crippen LogP contribution in [0.25, 0.3) is 0 Å². The van der Waals surface area contributed by atoms with Gasteiger partial charge in [-0.2, -0.15) is 5.10 Å². The second kappa shape index (κ2) is 3.90. The van der Waals surface area contributed by atoms with Crippen molar-refractivity contribution >= 4 is 5.97 Å². The Kier molecular flexibility index (Phi) is 2.71. The van der Waals surface area contributed by atoms with Crippen LogP contribution in [0.15, 0.2) is 12.3 Å². The summed E-state index contributed by atoms with van der Waals surface area (Å²) in [5.74, 6) is -0.362. The number of hydrogen-bond donors (Lipinski definition) is 1. The molecule has 0 saturated carbocycles. The molecular formula is C11H17N3O2. The molecule has 5 nitrogen and oxygen atoms in total. The van der Waals surface area contributed by atoms with Crippen molar-refractivity contribution in [2.45, 2.75) is 32.4 Å². The molecule has 1 aromatic rings. The summed E-state index contributed by atoms with van der Waals surface area (Å²) in [5, 5.41) is 7.38. The molecule has 0 atom stereocenters. The predicted octanol–water partition coefficient (Wildman–Crippen LogP) is 0.983. The lowest BCUT2D eigenvalue weighted by Crippen LogP contribution is -2.43. The van der Waals surface area contributed by atoms with E-state index >= 15 is 0 Å². The van der Waals surface area contributed by atoms with Gasteiger partial charge >= 0.3 is 5.97 Å². The SMILES string of the molecule is CC(C)(C)OC(=O)c1ccn(C2CNC2)n1. The highest BCUT2D eigenvalue weighted by Crippen LogP contribution is 2.14. The third kappa shape index (κ3) is 2.41. The average molecular weight is 223 g/mol. The lowest BCUT2D eigenvalue weighted by atomic mass is 10.2. The van der Waals surface area contributed by atoms with Crippen LogP contribution in [0.1, 0.15) is 37.3 Å². The Balaban J connectivity index is 2.03. The van der Waals surface area contributed by atoms with Crippen LogP contribution in [-0.2, 0) is 4.74 Å². The number of hydrogen-bond acceptors (Lipinski definition) is 4. The zero-order chi connectivity index (χ0) is 11.8. The van der Waals surface area contributed by atoms with Crippen LogP contribution in [0.3, 0.4) is 0 Å². The van der Waals surface area contributed by atoms with Gasteiger partial charge in [0, 0.05) is 19.3 Å². The molecule has 1 aliphatic rings. The molecule has 0 unspecified atom stereocenters. The zero-order valence-electron chi connectivity index (χ0n) is 9.86. The Morgan fingerprint density at radius 2 is 2.25 bits per heavy atom. The summed E-state index contributed by atoms with van der Waals surface area (Å²) in [7, 11) is 0. The molecule has 0 amide bonds. The van der Waals surface area contributed by atoms with Gasteiger partial charge in [0.2, 0.25) is 0 Å². The Labute approximate surface area is 94.8 Å². The van der Waals surface area contributed by atoms with Gasteiger partial charge in [0.1, 0.15) is 5.60 Å². The van der Waals surface area contributed by atoms with Gasteiger partial charge in [-0.25, -0.2) is 4.79 Å². The first-order valence-electron chi connectivity index (χ1n) is 5.45. The Morgan fingerprint density at radius 3 is 2.75 bits per heavy atom. The molecule has 16 heavy (non-hydrogen) atoms. The number of nitrogens with one attached hydrogen (secondary N) is 1. The van der Waals surface area contributed by atoms with Crippen LogP contribution in [0.5, 0.6) is 0 Å². The molecule has 1 N–H and O–H groups in total. The highest BCUT2D eigenvalue weighted by molar-refractivity contribution is 5.87. The molecule has 1 fully saturated rings. The molecule has 0 spiro atoms. The minimum atomic E-state index is -0.473. The number of nitrogens with zero attached hydrogens (tertiary/aromatic N) is 2. The summed E-state index contributed by atoms with van der Waals surface area (Å²) >= 11 is 0. The first-order valence-corrected chi connectivity index (χ1v) is 5.45. The summed E-state index contributed by atoms with van der Waals surface area (Å²) in [4.78, 5) is 11.7. The van der Waals surface area contributed by atoms with Gasteiger partial charge in [0.25, 0.3) is 0 Å². The van der Waals surface area contributed by atoms with Crippen LogP contribution >= 0.6 is 0 Å². The van der Waals surface area contributed by atoms with Crippen LogP contribution in [-0.4, -0.2) is 34.4 Å². The van der Waals surface area contributed by atoms with E-state index in [4.69, 9.17) is 4.74 Å². The summed E-state index contributed by atoms with van der Waals surface area (Å²) in [6.45, 7) is 7.36. The van der Waals surface area contributed by atoms with Crippen LogP contribution in [0.4, 0.5) is 0 Å². The molecule has 1 saturated heterocycles. The molecule has 5 heteroatoms. The summed E-state index contributed by atoms with van der Waals surface area (Å²) in [6, 6.07) is 2.07. The van der Waals surface area contributed by atoms with Gasteiger partial charge in [-0.1, -0.05) is 0 Å². The zero-order valence-corrected chi connectivity index (χ0v) is 9.86. The molecule has 0 bridgehead atoms. The Bertz CT molecular complexity index is 388. The van der Waals surface area contributed by atoms with Crippen molar-refractivity contribution in [1.82, 2.24) is 15.1 Å². The number of carbonyl (C=O) groups is 1. The fourth-order valence-corrected chi connectivity index (χ4v) is 1.44. The van der Waals surface area contributed by atoms with Crippen molar-refractivity contribution in [2.24, 2.45) is 0 Å². The van der Waals surface area contributed by atoms with Gasteiger partial charge in [0.05, 0.1) is 6.04 Å². The fourth-order valence-electron chi connectivity index (χ4n) is 1.44. The molecule has 1 aromatic heterocycles. The minimum Gasteiger partial charge on any atom is -0.455 e. The van der Waals surface area contributed by atoms with E-state index in [0.717, 1.165) is 13.1 Å². The lowest BCUT2D eigenvalue weighted by molar-refractivity contribution is 0.00614. The van der Waals surface area contributed by atoms with Crippen molar-refractivity contribution in [3.63, 3.8) is 0 Å². The minimum absolute atomic E-state index is 0.362. The number of esters is 1. The van der Waals surface area contributed by atoms with E-state index in [1.54, 1.807) is 6.07 Å². The summed E-state index contributed by atoms with van der Waals surface area (Å²) < 4.78 is 7.05. The van der Waals surface area contributed by atoms with E-state index in [9.17, 15) is 4.79 Å². The quantitative estimate of drug-likeness (QED) is 0.759. The third-order valence-electron chi connectivity index (χ3n) is 2.35. The molecule has 2 heterocycles. The first-order chi connectivity index (χ1) is 7.46. The summed E-state index contributed by atoms with van der Waals surface area (Å²) in [6.07, 6.45) is 1.82. The molecule has 88 valence electrons. The fraction of sp³-hybridized carbons (Fsp3) is 0.636. The van der Waals surface area contributed by atoms with Crippen LogP contribution < -0.4 is 5.32 Å². The first kappa shape index (κ1) is 11.1. The van der Waals surface area contributed by atoms with E-state index in [2.05, 4.69) is 10.4 Å². The third-order valence-corrected chi connectivity index (χ3v) is 2.35. The second-order valence-corrected chi connectivity index (χ2v) is 4.99. The smallest absolute Gasteiger partial charge is 0.359 e. The number of aromatic nitrogens is 2. The monoisotopic (exact) mass is 223 g/mol. The maximum Gasteiger partial charge on any atom is 0.359 e. The van der Waals surface area contributed by atoms with Gasteiger partial charge in [-0.05, 0) is 26.8 Å². The topological polar surface area (TPSA) is 56.1 Å². The average Bonchev–Trinajstić information content (AvgIpc) is 2.46. The largest absolute Gasteiger partial charge is 0.455 e. The lowest BCUT2D eigenvalue weighted by Gasteiger charge is -2.27. The normalized spacial score (nSPS) is 16.9. The Morgan fingerprint density at radius 1 is 1.56 bits per heavy atom. The highest BCUT2D eigenvalue weighted by Gasteiger charge is 2.23. The van der Waals surface area contributed by atoms with Crippen molar-refractivity contribution in [3.05, 3.63) is 18.0 Å². The number of rotatable bonds is 2. The molecular weight excluding hydrogens is 206 g/mol. The maximum absolute atomic E-state index is 11.7. The van der Waals surface area contributed by atoms with E-state index in [1.807, 2.05) is 31.6 Å². The van der Waals surface area contributed by atoms with E-state index in [-0.39, 0.29) is 5.97 Å². The van der Waals surface area contributed by atoms with Crippen molar-refractivity contribution in [2.75, 3.05) is 13.1 Å². The van der Waals surface area contributed by atoms with Gasteiger partial charge in [0.15, 0.2) is 5.69 Å². The second-order valence-electron chi connectivity index (χ2n) is 4.99.